The van der Waals surface area contributed by atoms with Gasteiger partial charge < -0.3 is 9.73 Å². The fourth-order valence-electron chi connectivity index (χ4n) is 3.02. The molecule has 2 heterocycles. The fraction of sp³-hybridized carbons (Fsp3) is 0.733. The minimum absolute atomic E-state index is 0.440. The molecule has 102 valence electrons. The van der Waals surface area contributed by atoms with Crippen LogP contribution in [-0.2, 0) is 0 Å². The Morgan fingerprint density at radius 2 is 2.28 bits per heavy atom. The first-order valence-electron chi connectivity index (χ1n) is 7.16. The van der Waals surface area contributed by atoms with E-state index in [1.807, 2.05) is 6.92 Å². The zero-order valence-electron chi connectivity index (χ0n) is 12.1. The number of aryl methyl sites for hydroxylation is 2. The van der Waals surface area contributed by atoms with Gasteiger partial charge in [-0.05, 0) is 52.8 Å². The molecule has 2 unspecified atom stereocenters. The van der Waals surface area contributed by atoms with E-state index in [2.05, 4.69) is 37.1 Å². The van der Waals surface area contributed by atoms with Gasteiger partial charge in [0.2, 0.25) is 0 Å². The van der Waals surface area contributed by atoms with Gasteiger partial charge in [0, 0.05) is 24.2 Å². The van der Waals surface area contributed by atoms with Crippen LogP contribution >= 0.6 is 0 Å². The molecule has 1 aromatic heterocycles. The van der Waals surface area contributed by atoms with Gasteiger partial charge in [-0.25, -0.2) is 0 Å². The summed E-state index contributed by atoms with van der Waals surface area (Å²) < 4.78 is 5.66. The molecule has 0 amide bonds. The van der Waals surface area contributed by atoms with E-state index in [9.17, 15) is 0 Å². The van der Waals surface area contributed by atoms with Gasteiger partial charge >= 0.3 is 0 Å². The molecule has 1 aliphatic heterocycles. The van der Waals surface area contributed by atoms with Gasteiger partial charge in [-0.15, -0.1) is 0 Å². The minimum Gasteiger partial charge on any atom is -0.466 e. The number of nitrogens with zero attached hydrogens (tertiary/aromatic N) is 1. The standard InChI is InChI=1S/C15H26N2O/c1-5-17(10-14-7-6-8-16-14)12(3)15-9-11(2)18-13(15)4/h9,12,14,16H,5-8,10H2,1-4H3. The molecule has 3 nitrogen and oxygen atoms in total. The summed E-state index contributed by atoms with van der Waals surface area (Å²) in [5.74, 6) is 2.09. The molecule has 0 bridgehead atoms. The molecule has 2 atom stereocenters. The van der Waals surface area contributed by atoms with Gasteiger partial charge in [-0.1, -0.05) is 6.92 Å². The Balaban J connectivity index is 2.04. The highest BCUT2D eigenvalue weighted by atomic mass is 16.3. The molecule has 1 fully saturated rings. The molecule has 1 saturated heterocycles. The topological polar surface area (TPSA) is 28.4 Å². The third-order valence-electron chi connectivity index (χ3n) is 4.10. The van der Waals surface area contributed by atoms with Crippen molar-refractivity contribution in [3.05, 3.63) is 23.2 Å². The van der Waals surface area contributed by atoms with Crippen LogP contribution in [-0.4, -0.2) is 30.6 Å². The van der Waals surface area contributed by atoms with Crippen molar-refractivity contribution in [2.24, 2.45) is 0 Å². The molecule has 3 heteroatoms. The molecule has 1 N–H and O–H groups in total. The van der Waals surface area contributed by atoms with Crippen LogP contribution < -0.4 is 5.32 Å². The molecule has 18 heavy (non-hydrogen) atoms. The molecule has 0 aromatic carbocycles. The monoisotopic (exact) mass is 250 g/mol. The molecule has 0 saturated carbocycles. The third kappa shape index (κ3) is 2.96. The van der Waals surface area contributed by atoms with Crippen molar-refractivity contribution < 1.29 is 4.42 Å². The van der Waals surface area contributed by atoms with Crippen molar-refractivity contribution in [3.63, 3.8) is 0 Å². The van der Waals surface area contributed by atoms with E-state index in [1.165, 1.54) is 24.9 Å². The summed E-state index contributed by atoms with van der Waals surface area (Å²) in [7, 11) is 0. The first-order chi connectivity index (χ1) is 8.61. The van der Waals surface area contributed by atoms with Crippen molar-refractivity contribution in [2.45, 2.75) is 52.6 Å². The zero-order chi connectivity index (χ0) is 13.1. The summed E-state index contributed by atoms with van der Waals surface area (Å²) in [6, 6.07) is 3.29. The lowest BCUT2D eigenvalue weighted by Gasteiger charge is -2.30. The Kier molecular flexibility index (Phi) is 4.46. The number of furan rings is 1. The molecule has 0 spiro atoms. The molecule has 2 rings (SSSR count). The second-order valence-corrected chi connectivity index (χ2v) is 5.43. The van der Waals surface area contributed by atoms with Crippen LogP contribution in [0.3, 0.4) is 0 Å². The predicted octanol–water partition coefficient (Wildman–Crippen LogP) is 3.03. The van der Waals surface area contributed by atoms with Crippen LogP contribution in [0.15, 0.2) is 10.5 Å². The van der Waals surface area contributed by atoms with Gasteiger partial charge in [-0.2, -0.15) is 0 Å². The first-order valence-corrected chi connectivity index (χ1v) is 7.16. The fourth-order valence-corrected chi connectivity index (χ4v) is 3.02. The van der Waals surface area contributed by atoms with Crippen molar-refractivity contribution in [3.8, 4) is 0 Å². The average molecular weight is 250 g/mol. The van der Waals surface area contributed by atoms with Crippen molar-refractivity contribution >= 4 is 0 Å². The minimum atomic E-state index is 0.440. The Bertz CT molecular complexity index is 380. The third-order valence-corrected chi connectivity index (χ3v) is 4.10. The van der Waals surface area contributed by atoms with E-state index < -0.39 is 0 Å². The predicted molar refractivity (Wildman–Crippen MR) is 74.9 cm³/mol. The summed E-state index contributed by atoms with van der Waals surface area (Å²) in [4.78, 5) is 2.54. The maximum absolute atomic E-state index is 5.66. The van der Waals surface area contributed by atoms with Gasteiger partial charge in [-0.3, -0.25) is 4.90 Å². The lowest BCUT2D eigenvalue weighted by atomic mass is 10.1. The van der Waals surface area contributed by atoms with Gasteiger partial charge in [0.1, 0.15) is 11.5 Å². The maximum Gasteiger partial charge on any atom is 0.105 e. The average Bonchev–Trinajstić information content (AvgIpc) is 2.95. The Labute approximate surface area is 111 Å². The van der Waals surface area contributed by atoms with E-state index in [0.717, 1.165) is 24.6 Å². The summed E-state index contributed by atoms with van der Waals surface area (Å²) in [6.45, 7) is 12.0. The molecule has 1 aliphatic rings. The number of nitrogens with one attached hydrogen (secondary N) is 1. The largest absolute Gasteiger partial charge is 0.466 e. The van der Waals surface area contributed by atoms with Crippen molar-refractivity contribution in [2.75, 3.05) is 19.6 Å². The Morgan fingerprint density at radius 3 is 2.78 bits per heavy atom. The summed E-state index contributed by atoms with van der Waals surface area (Å²) >= 11 is 0. The highest BCUT2D eigenvalue weighted by molar-refractivity contribution is 5.23. The molecule has 1 aromatic rings. The molecule has 0 aliphatic carbocycles. The number of hydrogen-bond donors (Lipinski definition) is 1. The lowest BCUT2D eigenvalue weighted by Crippen LogP contribution is -2.38. The Hall–Kier alpha value is -0.800. The highest BCUT2D eigenvalue weighted by Gasteiger charge is 2.23. The van der Waals surface area contributed by atoms with Crippen LogP contribution in [0.25, 0.3) is 0 Å². The van der Waals surface area contributed by atoms with Crippen molar-refractivity contribution in [1.29, 1.82) is 0 Å². The highest BCUT2D eigenvalue weighted by Crippen LogP contribution is 2.26. The smallest absolute Gasteiger partial charge is 0.105 e. The second-order valence-electron chi connectivity index (χ2n) is 5.43. The van der Waals surface area contributed by atoms with E-state index in [4.69, 9.17) is 4.42 Å². The number of likely N-dealkylation sites (N-methyl/N-ethyl adjacent to an activating group) is 1. The first kappa shape index (κ1) is 13.6. The van der Waals surface area contributed by atoms with Crippen LogP contribution in [0.4, 0.5) is 0 Å². The lowest BCUT2D eigenvalue weighted by molar-refractivity contribution is 0.201. The van der Waals surface area contributed by atoms with Gasteiger partial charge in [0.05, 0.1) is 0 Å². The maximum atomic E-state index is 5.66. The SMILES string of the molecule is CCN(CC1CCCN1)C(C)c1cc(C)oc1C. The zero-order valence-corrected chi connectivity index (χ0v) is 12.1. The summed E-state index contributed by atoms with van der Waals surface area (Å²) in [5, 5.41) is 3.58. The quantitative estimate of drug-likeness (QED) is 0.870. The van der Waals surface area contributed by atoms with Gasteiger partial charge in [0.25, 0.3) is 0 Å². The van der Waals surface area contributed by atoms with E-state index in [0.29, 0.717) is 12.1 Å². The molecular formula is C15H26N2O. The van der Waals surface area contributed by atoms with E-state index in [1.54, 1.807) is 0 Å². The normalized spacial score (nSPS) is 21.7. The van der Waals surface area contributed by atoms with E-state index in [-0.39, 0.29) is 0 Å². The number of hydrogen-bond acceptors (Lipinski definition) is 3. The van der Waals surface area contributed by atoms with Crippen LogP contribution in [0, 0.1) is 13.8 Å². The number of rotatable bonds is 5. The van der Waals surface area contributed by atoms with E-state index >= 15 is 0 Å². The van der Waals surface area contributed by atoms with Crippen molar-refractivity contribution in [1.82, 2.24) is 10.2 Å². The second kappa shape index (κ2) is 5.89. The van der Waals surface area contributed by atoms with Crippen LogP contribution in [0.2, 0.25) is 0 Å². The molecular weight excluding hydrogens is 224 g/mol. The van der Waals surface area contributed by atoms with Crippen LogP contribution in [0.5, 0.6) is 0 Å². The Morgan fingerprint density at radius 1 is 1.50 bits per heavy atom. The van der Waals surface area contributed by atoms with Gasteiger partial charge in [0.15, 0.2) is 0 Å². The van der Waals surface area contributed by atoms with Crippen LogP contribution in [0.1, 0.15) is 49.8 Å². The summed E-state index contributed by atoms with van der Waals surface area (Å²) in [5.41, 5.74) is 1.34. The summed E-state index contributed by atoms with van der Waals surface area (Å²) in [6.07, 6.45) is 2.63. The molecule has 0 radical (unpaired) electrons.